The van der Waals surface area contributed by atoms with E-state index < -0.39 is 0 Å². The summed E-state index contributed by atoms with van der Waals surface area (Å²) in [4.78, 5) is 23.7. The number of carbonyl (C=O) groups is 1. The van der Waals surface area contributed by atoms with Gasteiger partial charge in [0.15, 0.2) is 12.3 Å². The molecule has 0 spiro atoms. The zero-order chi connectivity index (χ0) is 9.68. The van der Waals surface area contributed by atoms with E-state index in [2.05, 4.69) is 20.9 Å². The predicted octanol–water partition coefficient (Wildman–Crippen LogP) is 1.86. The first-order valence-electron chi connectivity index (χ1n) is 3.44. The van der Waals surface area contributed by atoms with Gasteiger partial charge in [-0.3, -0.25) is 0 Å². The van der Waals surface area contributed by atoms with Crippen LogP contribution in [0.25, 0.3) is 0 Å². The summed E-state index contributed by atoms with van der Waals surface area (Å²) in [5, 5.41) is 0. The fourth-order valence-corrected chi connectivity index (χ4v) is 1.09. The van der Waals surface area contributed by atoms with Crippen molar-refractivity contribution in [2.24, 2.45) is 4.99 Å². The normalized spacial score (nSPS) is 9.38. The van der Waals surface area contributed by atoms with Crippen molar-refractivity contribution in [3.63, 3.8) is 0 Å². The molecule has 0 N–H and O–H groups in total. The number of benzene rings is 1. The number of carbonyl (C=O) groups excluding carboxylic acids is 2. The molecule has 0 bridgehead atoms. The van der Waals surface area contributed by atoms with E-state index in [1.54, 1.807) is 24.3 Å². The van der Waals surface area contributed by atoms with Crippen molar-refractivity contribution in [1.29, 1.82) is 0 Å². The van der Waals surface area contributed by atoms with Crippen molar-refractivity contribution in [2.75, 3.05) is 0 Å². The van der Waals surface area contributed by atoms with Crippen LogP contribution in [-0.4, -0.2) is 12.4 Å². The molecule has 13 heavy (non-hydrogen) atoms. The highest BCUT2D eigenvalue weighted by molar-refractivity contribution is 9.10. The Morgan fingerprint density at radius 2 is 2.00 bits per heavy atom. The number of halogens is 1. The van der Waals surface area contributed by atoms with E-state index in [9.17, 15) is 9.59 Å². The summed E-state index contributed by atoms with van der Waals surface area (Å²) >= 11 is 3.25. The highest BCUT2D eigenvalue weighted by Gasteiger charge is 2.08. The van der Waals surface area contributed by atoms with Crippen molar-refractivity contribution in [3.8, 4) is 0 Å². The average Bonchev–Trinajstić information content (AvgIpc) is 2.16. The van der Waals surface area contributed by atoms with Gasteiger partial charge in [-0.25, -0.2) is 4.79 Å². The van der Waals surface area contributed by atoms with Crippen LogP contribution < -0.4 is 0 Å². The number of isocyanates is 1. The maximum absolute atomic E-state index is 10.5. The summed E-state index contributed by atoms with van der Waals surface area (Å²) < 4.78 is 0.900. The Hall–Kier alpha value is -1.25. The molecule has 1 radical (unpaired) electrons. The molecule has 0 saturated carbocycles. The molecule has 0 aromatic heterocycles. The number of rotatable bonds is 3. The van der Waals surface area contributed by atoms with E-state index >= 15 is 0 Å². The average molecular weight is 239 g/mol. The van der Waals surface area contributed by atoms with Crippen LogP contribution in [0.4, 0.5) is 0 Å². The molecule has 3 nitrogen and oxygen atoms in total. The molecule has 0 aliphatic rings. The second-order valence-corrected chi connectivity index (χ2v) is 3.13. The van der Waals surface area contributed by atoms with Crippen LogP contribution in [-0.2, 0) is 9.59 Å². The van der Waals surface area contributed by atoms with Gasteiger partial charge < -0.3 is 4.79 Å². The molecule has 0 aliphatic carbocycles. The molecular weight excluding hydrogens is 234 g/mol. The molecule has 1 rings (SSSR count). The van der Waals surface area contributed by atoms with Crippen molar-refractivity contribution < 1.29 is 9.59 Å². The summed E-state index contributed by atoms with van der Waals surface area (Å²) in [6.07, 6.45) is 1.85. The van der Waals surface area contributed by atoms with Crippen LogP contribution in [0.15, 0.2) is 33.7 Å². The first-order chi connectivity index (χ1) is 6.27. The zero-order valence-corrected chi connectivity index (χ0v) is 8.11. The van der Waals surface area contributed by atoms with E-state index in [4.69, 9.17) is 0 Å². The summed E-state index contributed by atoms with van der Waals surface area (Å²) in [6, 6.07) is 6.99. The van der Waals surface area contributed by atoms with Crippen molar-refractivity contribution in [2.45, 2.75) is 0 Å². The van der Waals surface area contributed by atoms with Gasteiger partial charge >= 0.3 is 0 Å². The van der Waals surface area contributed by atoms with Gasteiger partial charge in [0.1, 0.15) is 0 Å². The molecule has 65 valence electrons. The smallest absolute Gasteiger partial charge is 0.236 e. The molecule has 0 unspecified atom stereocenters. The molecule has 0 fully saturated rings. The van der Waals surface area contributed by atoms with Crippen LogP contribution >= 0.6 is 15.9 Å². The van der Waals surface area contributed by atoms with Crippen molar-refractivity contribution in [3.05, 3.63) is 40.3 Å². The predicted molar refractivity (Wildman–Crippen MR) is 50.7 cm³/mol. The molecule has 0 saturated heterocycles. The Balaban J connectivity index is 2.98. The lowest BCUT2D eigenvalue weighted by Crippen LogP contribution is -1.96. The first kappa shape index (κ1) is 9.84. The minimum absolute atomic E-state index is 0.0856. The second kappa shape index (κ2) is 4.70. The van der Waals surface area contributed by atoms with E-state index in [0.717, 1.165) is 4.47 Å². The standard InChI is InChI=1S/C9H5BrNO2/c10-8-3-1-7(2-4-8)9(5-12)11-6-13/h1-5H. The monoisotopic (exact) mass is 238 g/mol. The highest BCUT2D eigenvalue weighted by Crippen LogP contribution is 2.16. The number of aliphatic imine (C=N–C) groups is 1. The lowest BCUT2D eigenvalue weighted by molar-refractivity contribution is -0.106. The molecule has 0 amide bonds. The summed E-state index contributed by atoms with van der Waals surface area (Å²) in [6.45, 7) is 0. The van der Waals surface area contributed by atoms with Gasteiger partial charge in [0.2, 0.25) is 6.08 Å². The minimum Gasteiger partial charge on any atom is -0.300 e. The van der Waals surface area contributed by atoms with E-state index in [1.165, 1.54) is 6.08 Å². The Bertz CT molecular complexity index is 341. The Morgan fingerprint density at radius 3 is 2.46 bits per heavy atom. The van der Waals surface area contributed by atoms with Crippen LogP contribution in [0.2, 0.25) is 0 Å². The van der Waals surface area contributed by atoms with Gasteiger partial charge in [0.25, 0.3) is 0 Å². The molecular formula is C9H5BrNO2. The van der Waals surface area contributed by atoms with Crippen LogP contribution in [0.1, 0.15) is 5.56 Å². The van der Waals surface area contributed by atoms with Crippen LogP contribution in [0, 0.1) is 6.04 Å². The van der Waals surface area contributed by atoms with Crippen LogP contribution in [0.5, 0.6) is 0 Å². The molecule has 0 heterocycles. The first-order valence-corrected chi connectivity index (χ1v) is 4.23. The maximum atomic E-state index is 10.5. The van der Waals surface area contributed by atoms with E-state index in [0.29, 0.717) is 11.8 Å². The lowest BCUT2D eigenvalue weighted by atomic mass is 10.1. The maximum Gasteiger partial charge on any atom is 0.236 e. The number of hydrogen-bond donors (Lipinski definition) is 0. The number of aldehydes is 1. The quantitative estimate of drug-likeness (QED) is 0.459. The van der Waals surface area contributed by atoms with Gasteiger partial charge in [0.05, 0.1) is 0 Å². The van der Waals surface area contributed by atoms with Gasteiger partial charge in [-0.2, -0.15) is 4.99 Å². The Labute approximate surface area is 83.6 Å². The van der Waals surface area contributed by atoms with E-state index in [-0.39, 0.29) is 6.04 Å². The zero-order valence-electron chi connectivity index (χ0n) is 6.53. The van der Waals surface area contributed by atoms with E-state index in [1.807, 2.05) is 0 Å². The van der Waals surface area contributed by atoms with Crippen LogP contribution in [0.3, 0.4) is 0 Å². The molecule has 0 atom stereocenters. The lowest BCUT2D eigenvalue weighted by Gasteiger charge is -2.00. The largest absolute Gasteiger partial charge is 0.300 e. The summed E-state index contributed by atoms with van der Waals surface area (Å²) in [5.41, 5.74) is 0.599. The molecule has 1 aromatic carbocycles. The van der Waals surface area contributed by atoms with Gasteiger partial charge in [-0.05, 0) is 17.7 Å². The second-order valence-electron chi connectivity index (χ2n) is 2.21. The fourth-order valence-electron chi connectivity index (χ4n) is 0.829. The minimum atomic E-state index is 0.0856. The molecule has 4 heteroatoms. The highest BCUT2D eigenvalue weighted by atomic mass is 79.9. The molecule has 1 aromatic rings. The summed E-state index contributed by atoms with van der Waals surface area (Å²) in [7, 11) is 0. The topological polar surface area (TPSA) is 46.5 Å². The van der Waals surface area contributed by atoms with Crippen molar-refractivity contribution >= 4 is 28.3 Å². The van der Waals surface area contributed by atoms with Crippen molar-refractivity contribution in [1.82, 2.24) is 0 Å². The number of hydrogen-bond acceptors (Lipinski definition) is 3. The summed E-state index contributed by atoms with van der Waals surface area (Å²) in [5.74, 6) is 0. The van der Waals surface area contributed by atoms with Gasteiger partial charge in [-0.15, -0.1) is 0 Å². The van der Waals surface area contributed by atoms with Gasteiger partial charge in [0, 0.05) is 4.47 Å². The molecule has 0 aliphatic heterocycles. The Kier molecular flexibility index (Phi) is 3.55. The third-order valence-corrected chi connectivity index (χ3v) is 1.95. The third-order valence-electron chi connectivity index (χ3n) is 1.42. The SMILES string of the molecule is O=C=N[C](C=O)c1ccc(Br)cc1. The number of nitrogens with zero attached hydrogens (tertiary/aromatic N) is 1. The third kappa shape index (κ3) is 2.61. The Morgan fingerprint density at radius 1 is 1.38 bits per heavy atom. The van der Waals surface area contributed by atoms with Gasteiger partial charge in [-0.1, -0.05) is 28.1 Å². The fraction of sp³-hybridized carbons (Fsp3) is 0.